The second-order valence-electron chi connectivity index (χ2n) is 11.8. The lowest BCUT2D eigenvalue weighted by Crippen LogP contribution is -2.52. The van der Waals surface area contributed by atoms with Crippen molar-refractivity contribution in [2.24, 2.45) is 0 Å². The van der Waals surface area contributed by atoms with Crippen molar-refractivity contribution >= 4 is 0 Å². The van der Waals surface area contributed by atoms with Crippen LogP contribution in [0.25, 0.3) is 0 Å². The van der Waals surface area contributed by atoms with E-state index >= 15 is 0 Å². The third-order valence-corrected chi connectivity index (χ3v) is 9.47. The first-order valence-electron chi connectivity index (χ1n) is 15.1. The molecule has 0 saturated heterocycles. The van der Waals surface area contributed by atoms with Crippen LogP contribution in [0.1, 0.15) is 154 Å². The zero-order chi connectivity index (χ0) is 22.0. The number of hydrogen-bond acceptors (Lipinski definition) is 2. The topological polar surface area (TPSA) is 6.48 Å². The van der Waals surface area contributed by atoms with E-state index < -0.39 is 0 Å². The predicted molar refractivity (Wildman–Crippen MR) is 139 cm³/mol. The van der Waals surface area contributed by atoms with Crippen molar-refractivity contribution in [1.29, 1.82) is 0 Å². The summed E-state index contributed by atoms with van der Waals surface area (Å²) in [5.41, 5.74) is 0. The molecule has 4 rings (SSSR count). The molecule has 0 spiro atoms. The van der Waals surface area contributed by atoms with E-state index in [9.17, 15) is 0 Å². The van der Waals surface area contributed by atoms with Gasteiger partial charge in [0.05, 0.1) is 5.82 Å². The zero-order valence-corrected chi connectivity index (χ0v) is 21.4. The molecule has 0 aromatic rings. The van der Waals surface area contributed by atoms with Crippen molar-refractivity contribution in [2.45, 2.75) is 178 Å². The van der Waals surface area contributed by atoms with E-state index in [0.29, 0.717) is 0 Å². The zero-order valence-electron chi connectivity index (χ0n) is 21.4. The molecule has 0 atom stereocenters. The van der Waals surface area contributed by atoms with Crippen molar-refractivity contribution < 1.29 is 0 Å². The first-order chi connectivity index (χ1) is 15.8. The minimum absolute atomic E-state index is 0.757. The highest BCUT2D eigenvalue weighted by Gasteiger charge is 2.36. The Kier molecular flexibility index (Phi) is 10.2. The quantitative estimate of drug-likeness (QED) is 0.379. The van der Waals surface area contributed by atoms with Crippen LogP contribution in [0.4, 0.5) is 0 Å². The Labute approximate surface area is 200 Å². The fourth-order valence-corrected chi connectivity index (χ4v) is 7.72. The lowest BCUT2D eigenvalue weighted by molar-refractivity contribution is 0.0486. The molecule has 184 valence electrons. The molecule has 4 saturated carbocycles. The third kappa shape index (κ3) is 6.69. The molecule has 0 N–H and O–H groups in total. The lowest BCUT2D eigenvalue weighted by atomic mass is 9.97. The van der Waals surface area contributed by atoms with E-state index in [1.165, 1.54) is 160 Å². The average molecular weight is 443 g/mol. The molecule has 0 amide bonds. The summed E-state index contributed by atoms with van der Waals surface area (Å²) in [6.07, 6.45) is 34.5. The van der Waals surface area contributed by atoms with Gasteiger partial charge in [0.15, 0.2) is 0 Å². The Morgan fingerprint density at radius 2 is 0.531 bits per heavy atom. The fraction of sp³-hybridized carbons (Fsp3) is 0.933. The Bertz CT molecular complexity index is 425. The average Bonchev–Trinajstić information content (AvgIpc) is 3.40. The molecular formula is C30H54N2. The fourth-order valence-electron chi connectivity index (χ4n) is 7.72. The summed E-state index contributed by atoms with van der Waals surface area (Å²) in [6.45, 7) is 5.03. The van der Waals surface area contributed by atoms with E-state index in [-0.39, 0.29) is 0 Å². The molecule has 32 heavy (non-hydrogen) atoms. The van der Waals surface area contributed by atoms with Crippen LogP contribution in [0.5, 0.6) is 0 Å². The van der Waals surface area contributed by atoms with Gasteiger partial charge in [0, 0.05) is 24.2 Å². The van der Waals surface area contributed by atoms with Crippen LogP contribution in [-0.4, -0.2) is 34.0 Å². The predicted octanol–water partition coefficient (Wildman–Crippen LogP) is 8.95. The van der Waals surface area contributed by atoms with Gasteiger partial charge in [-0.15, -0.1) is 0 Å². The van der Waals surface area contributed by atoms with Gasteiger partial charge < -0.3 is 9.80 Å². The maximum atomic E-state index is 5.03. The van der Waals surface area contributed by atoms with Gasteiger partial charge >= 0.3 is 0 Å². The first-order valence-corrected chi connectivity index (χ1v) is 15.1. The highest BCUT2D eigenvalue weighted by molar-refractivity contribution is 5.05. The number of rotatable bonds is 6. The van der Waals surface area contributed by atoms with Crippen LogP contribution < -0.4 is 0 Å². The van der Waals surface area contributed by atoms with E-state index in [4.69, 9.17) is 6.58 Å². The monoisotopic (exact) mass is 442 g/mol. The standard InChI is InChI=1S/C30H54N2/c1-26(31(27-18-10-2-3-11-19-27)28-20-12-4-5-13-21-28)32(29-22-14-6-7-15-23-29)30-24-16-8-9-17-25-30/h27-30H,1-25H2. The second kappa shape index (κ2) is 13.3. The van der Waals surface area contributed by atoms with Crippen molar-refractivity contribution in [3.63, 3.8) is 0 Å². The largest absolute Gasteiger partial charge is 0.353 e. The molecule has 0 aromatic heterocycles. The van der Waals surface area contributed by atoms with Crippen molar-refractivity contribution in [2.75, 3.05) is 0 Å². The molecule has 0 radical (unpaired) electrons. The molecule has 4 aliphatic carbocycles. The molecule has 2 nitrogen and oxygen atoms in total. The maximum Gasteiger partial charge on any atom is 0.0975 e. The van der Waals surface area contributed by atoms with Gasteiger partial charge in [-0.3, -0.25) is 0 Å². The van der Waals surface area contributed by atoms with Crippen molar-refractivity contribution in [3.8, 4) is 0 Å². The van der Waals surface area contributed by atoms with E-state index in [1.807, 2.05) is 0 Å². The van der Waals surface area contributed by atoms with E-state index in [0.717, 1.165) is 24.2 Å². The molecule has 0 aliphatic heterocycles. The Balaban J connectivity index is 1.61. The maximum absolute atomic E-state index is 5.03. The molecule has 0 bridgehead atoms. The summed E-state index contributed by atoms with van der Waals surface area (Å²) < 4.78 is 0. The second-order valence-corrected chi connectivity index (χ2v) is 11.8. The molecule has 4 fully saturated rings. The summed E-state index contributed by atoms with van der Waals surface area (Å²) in [5, 5.41) is 0. The van der Waals surface area contributed by atoms with Crippen LogP contribution in [-0.2, 0) is 0 Å². The van der Waals surface area contributed by atoms with E-state index in [2.05, 4.69) is 9.80 Å². The molecule has 4 aliphatic rings. The van der Waals surface area contributed by atoms with Crippen LogP contribution in [0.15, 0.2) is 12.4 Å². The Morgan fingerprint density at radius 3 is 0.719 bits per heavy atom. The summed E-state index contributed by atoms with van der Waals surface area (Å²) in [6, 6.07) is 3.03. The van der Waals surface area contributed by atoms with Crippen LogP contribution in [0, 0.1) is 0 Å². The highest BCUT2D eigenvalue weighted by Crippen LogP contribution is 2.38. The lowest BCUT2D eigenvalue weighted by Gasteiger charge is -2.50. The Hall–Kier alpha value is -0.660. The molecule has 0 heterocycles. The summed E-state index contributed by atoms with van der Waals surface area (Å²) in [4.78, 5) is 5.98. The van der Waals surface area contributed by atoms with E-state index in [1.54, 1.807) is 0 Å². The van der Waals surface area contributed by atoms with Gasteiger partial charge in [-0.2, -0.15) is 0 Å². The van der Waals surface area contributed by atoms with Gasteiger partial charge in [-0.05, 0) is 51.4 Å². The Morgan fingerprint density at radius 1 is 0.344 bits per heavy atom. The van der Waals surface area contributed by atoms with Gasteiger partial charge in [0.2, 0.25) is 0 Å². The SMILES string of the molecule is C=C(N(C1CCCCCC1)C1CCCCCC1)N(C1CCCCCC1)C1CCCCCC1. The van der Waals surface area contributed by atoms with Crippen LogP contribution in [0.2, 0.25) is 0 Å². The molecule has 0 unspecified atom stereocenters. The first kappa shape index (κ1) is 24.5. The molecule has 0 aromatic carbocycles. The molecular weight excluding hydrogens is 388 g/mol. The third-order valence-electron chi connectivity index (χ3n) is 9.47. The summed E-state index contributed by atoms with van der Waals surface area (Å²) in [7, 11) is 0. The van der Waals surface area contributed by atoms with Gasteiger partial charge in [0.1, 0.15) is 0 Å². The summed E-state index contributed by atoms with van der Waals surface area (Å²) in [5.74, 6) is 1.49. The minimum Gasteiger partial charge on any atom is -0.353 e. The normalized spacial score (nSPS) is 26.5. The minimum atomic E-state index is 0.757. The number of nitrogens with zero attached hydrogens (tertiary/aromatic N) is 2. The highest BCUT2D eigenvalue weighted by atomic mass is 15.4. The smallest absolute Gasteiger partial charge is 0.0975 e. The summed E-state index contributed by atoms with van der Waals surface area (Å²) >= 11 is 0. The van der Waals surface area contributed by atoms with Crippen molar-refractivity contribution in [1.82, 2.24) is 9.80 Å². The van der Waals surface area contributed by atoms with Gasteiger partial charge in [-0.1, -0.05) is 109 Å². The van der Waals surface area contributed by atoms with Crippen LogP contribution >= 0.6 is 0 Å². The number of hydrogen-bond donors (Lipinski definition) is 0. The van der Waals surface area contributed by atoms with Crippen molar-refractivity contribution in [3.05, 3.63) is 12.4 Å². The van der Waals surface area contributed by atoms with Gasteiger partial charge in [0.25, 0.3) is 0 Å². The van der Waals surface area contributed by atoms with Gasteiger partial charge in [-0.25, -0.2) is 0 Å². The molecule has 2 heteroatoms. The van der Waals surface area contributed by atoms with Crippen LogP contribution in [0.3, 0.4) is 0 Å².